The van der Waals surface area contributed by atoms with Crippen molar-refractivity contribution in [2.24, 2.45) is 0 Å². The van der Waals surface area contributed by atoms with Gasteiger partial charge in [0.2, 0.25) is 0 Å². The summed E-state index contributed by atoms with van der Waals surface area (Å²) in [6, 6.07) is 2.56. The number of carbonyl (C=O) groups excluding carboxylic acids is 2. The van der Waals surface area contributed by atoms with E-state index in [9.17, 15) is 27.2 Å². The Morgan fingerprint density at radius 2 is 1.82 bits per heavy atom. The van der Waals surface area contributed by atoms with E-state index in [0.29, 0.717) is 0 Å². The van der Waals surface area contributed by atoms with Crippen LogP contribution in [0.5, 0.6) is 0 Å². The number of benzene rings is 2. The van der Waals surface area contributed by atoms with Crippen molar-refractivity contribution in [1.29, 1.82) is 0 Å². The van der Waals surface area contributed by atoms with Gasteiger partial charge in [-0.25, -0.2) is 22.4 Å². The van der Waals surface area contributed by atoms with E-state index >= 15 is 0 Å². The number of hydrogen-bond acceptors (Lipinski definition) is 2. The van der Waals surface area contributed by atoms with Crippen LogP contribution in [0.1, 0.15) is 27.5 Å². The van der Waals surface area contributed by atoms with Crippen LogP contribution in [0.4, 0.5) is 28.0 Å². The third-order valence-electron chi connectivity index (χ3n) is 4.35. The van der Waals surface area contributed by atoms with Crippen LogP contribution in [-0.2, 0) is 6.42 Å². The molecule has 5 nitrogen and oxygen atoms in total. The Labute approximate surface area is 162 Å². The predicted molar refractivity (Wildman–Crippen MR) is 94.7 cm³/mol. The van der Waals surface area contributed by atoms with Crippen molar-refractivity contribution in [2.75, 3.05) is 12.4 Å². The molecule has 3 rings (SSSR count). The van der Waals surface area contributed by atoms with E-state index in [1.807, 2.05) is 5.32 Å². The first-order valence-electron chi connectivity index (χ1n) is 8.08. The Bertz CT molecular complexity index is 968. The van der Waals surface area contributed by atoms with Crippen LogP contribution in [0.25, 0.3) is 0 Å². The lowest BCUT2D eigenvalue weighted by Gasteiger charge is -2.21. The van der Waals surface area contributed by atoms with Gasteiger partial charge in [-0.2, -0.15) is 0 Å². The van der Waals surface area contributed by atoms with Gasteiger partial charge in [-0.15, -0.1) is 0 Å². The minimum atomic E-state index is -3.49. The van der Waals surface area contributed by atoms with E-state index in [2.05, 4.69) is 10.6 Å². The second-order valence-corrected chi connectivity index (χ2v) is 6.57. The van der Waals surface area contributed by atoms with E-state index in [-0.39, 0.29) is 21.8 Å². The van der Waals surface area contributed by atoms with Crippen molar-refractivity contribution in [3.8, 4) is 0 Å². The van der Waals surface area contributed by atoms with Crippen LogP contribution in [0.15, 0.2) is 30.3 Å². The molecule has 0 saturated carbocycles. The van der Waals surface area contributed by atoms with Crippen molar-refractivity contribution >= 4 is 29.2 Å². The van der Waals surface area contributed by atoms with Gasteiger partial charge in [0.15, 0.2) is 0 Å². The zero-order valence-electron chi connectivity index (χ0n) is 14.4. The molecule has 0 aliphatic heterocycles. The fourth-order valence-electron chi connectivity index (χ4n) is 3.05. The second-order valence-electron chi connectivity index (χ2n) is 6.16. The number of urea groups is 1. The summed E-state index contributed by atoms with van der Waals surface area (Å²) in [6.07, 6.45) is -0.929. The number of anilines is 1. The lowest BCUT2D eigenvalue weighted by molar-refractivity contribution is -0.0226. The number of rotatable bonds is 3. The molecule has 3 N–H and O–H groups in total. The molecule has 0 fully saturated rings. The van der Waals surface area contributed by atoms with Crippen LogP contribution in [0, 0.1) is 11.6 Å². The van der Waals surface area contributed by atoms with Gasteiger partial charge in [0.1, 0.15) is 17.7 Å². The number of fused-ring (bicyclic) bond motifs is 1. The van der Waals surface area contributed by atoms with Gasteiger partial charge in [0.25, 0.3) is 11.8 Å². The topological polar surface area (TPSA) is 70.2 Å². The van der Waals surface area contributed by atoms with Gasteiger partial charge in [0.05, 0.1) is 5.02 Å². The van der Waals surface area contributed by atoms with Gasteiger partial charge in [-0.3, -0.25) is 4.79 Å². The van der Waals surface area contributed by atoms with E-state index in [4.69, 9.17) is 11.6 Å². The first-order chi connectivity index (χ1) is 13.1. The van der Waals surface area contributed by atoms with Crippen molar-refractivity contribution in [3.05, 3.63) is 63.7 Å². The zero-order chi connectivity index (χ0) is 20.6. The number of halogens is 5. The standard InChI is InChI=1S/C18H14ClF4N3O2/c1-24-17(28)26-15-14-10(7-18(15,22)23)9(3-5-13(14)21)16(27)25-8-2-4-12(20)11(19)6-8/h2-6,15H,7H2,1H3,(H,25,27)(H2,24,26,28). The highest BCUT2D eigenvalue weighted by molar-refractivity contribution is 6.31. The van der Waals surface area contributed by atoms with Crippen molar-refractivity contribution < 1.29 is 27.2 Å². The van der Waals surface area contributed by atoms with Crippen molar-refractivity contribution in [1.82, 2.24) is 10.6 Å². The molecule has 1 aliphatic rings. The molecular formula is C18H14ClF4N3O2. The molecule has 2 aromatic carbocycles. The molecule has 0 aromatic heterocycles. The first kappa shape index (κ1) is 19.9. The van der Waals surface area contributed by atoms with Crippen molar-refractivity contribution in [2.45, 2.75) is 18.4 Å². The summed E-state index contributed by atoms with van der Waals surface area (Å²) in [5.74, 6) is -5.94. The predicted octanol–water partition coefficient (Wildman–Crippen LogP) is 4.03. The van der Waals surface area contributed by atoms with Crippen LogP contribution < -0.4 is 16.0 Å². The normalized spacial score (nSPS) is 17.0. The number of alkyl halides is 2. The third kappa shape index (κ3) is 3.62. The Kier molecular flexibility index (Phi) is 5.20. The summed E-state index contributed by atoms with van der Waals surface area (Å²) in [5, 5.41) is 6.33. The Morgan fingerprint density at radius 1 is 1.14 bits per heavy atom. The Hall–Kier alpha value is -2.81. The number of carbonyl (C=O) groups is 2. The quantitative estimate of drug-likeness (QED) is 0.662. The van der Waals surface area contributed by atoms with Crippen LogP contribution >= 0.6 is 11.6 Å². The van der Waals surface area contributed by atoms with Crippen molar-refractivity contribution in [3.63, 3.8) is 0 Å². The number of hydrogen-bond donors (Lipinski definition) is 3. The Balaban J connectivity index is 1.97. The highest BCUT2D eigenvalue weighted by atomic mass is 35.5. The van der Waals surface area contributed by atoms with Gasteiger partial charge >= 0.3 is 6.03 Å². The molecular weight excluding hydrogens is 402 g/mol. The van der Waals surface area contributed by atoms with Crippen LogP contribution in [0.3, 0.4) is 0 Å². The molecule has 0 radical (unpaired) electrons. The summed E-state index contributed by atoms with van der Waals surface area (Å²) >= 11 is 5.66. The summed E-state index contributed by atoms with van der Waals surface area (Å²) in [6.45, 7) is 0. The SMILES string of the molecule is CNC(=O)NC1c2c(F)ccc(C(=O)Nc3ccc(F)c(Cl)c3)c2CC1(F)F. The molecule has 0 saturated heterocycles. The summed E-state index contributed by atoms with van der Waals surface area (Å²) in [7, 11) is 1.23. The summed E-state index contributed by atoms with van der Waals surface area (Å²) in [4.78, 5) is 24.1. The molecule has 1 unspecified atom stereocenters. The largest absolute Gasteiger partial charge is 0.341 e. The molecule has 28 heavy (non-hydrogen) atoms. The minimum Gasteiger partial charge on any atom is -0.341 e. The molecule has 2 aromatic rings. The van der Waals surface area contributed by atoms with Gasteiger partial charge in [0, 0.05) is 30.3 Å². The minimum absolute atomic E-state index is 0.138. The molecule has 0 heterocycles. The molecule has 3 amide bonds. The number of nitrogens with one attached hydrogen (secondary N) is 3. The summed E-state index contributed by atoms with van der Waals surface area (Å²) < 4.78 is 56.4. The van der Waals surface area contributed by atoms with E-state index in [1.54, 1.807) is 0 Å². The number of amides is 3. The molecule has 0 spiro atoms. The monoisotopic (exact) mass is 415 g/mol. The maximum absolute atomic E-state index is 14.4. The van der Waals surface area contributed by atoms with Gasteiger partial charge in [-0.1, -0.05) is 11.6 Å². The molecule has 1 atom stereocenters. The average molecular weight is 416 g/mol. The lowest BCUT2D eigenvalue weighted by Crippen LogP contribution is -2.42. The van der Waals surface area contributed by atoms with E-state index in [1.165, 1.54) is 13.1 Å². The van der Waals surface area contributed by atoms with E-state index < -0.39 is 47.5 Å². The first-order valence-corrected chi connectivity index (χ1v) is 8.45. The lowest BCUT2D eigenvalue weighted by atomic mass is 10.0. The maximum Gasteiger partial charge on any atom is 0.315 e. The average Bonchev–Trinajstić information content (AvgIpc) is 2.89. The second kappa shape index (κ2) is 7.31. The highest BCUT2D eigenvalue weighted by Gasteiger charge is 2.51. The van der Waals surface area contributed by atoms with Crippen LogP contribution in [-0.4, -0.2) is 24.9 Å². The zero-order valence-corrected chi connectivity index (χ0v) is 15.1. The fraction of sp³-hybridized carbons (Fsp3) is 0.222. The fourth-order valence-corrected chi connectivity index (χ4v) is 3.23. The Morgan fingerprint density at radius 3 is 2.46 bits per heavy atom. The van der Waals surface area contributed by atoms with Gasteiger partial charge in [-0.05, 0) is 35.9 Å². The molecule has 148 valence electrons. The third-order valence-corrected chi connectivity index (χ3v) is 4.64. The van der Waals surface area contributed by atoms with Crippen LogP contribution in [0.2, 0.25) is 5.02 Å². The van der Waals surface area contributed by atoms with Gasteiger partial charge < -0.3 is 16.0 Å². The maximum atomic E-state index is 14.4. The molecule has 0 bridgehead atoms. The molecule has 10 heteroatoms. The highest BCUT2D eigenvalue weighted by Crippen LogP contribution is 2.45. The smallest absolute Gasteiger partial charge is 0.315 e. The van der Waals surface area contributed by atoms with E-state index in [0.717, 1.165) is 24.3 Å². The summed E-state index contributed by atoms with van der Waals surface area (Å²) in [5.41, 5.74) is -0.701. The molecule has 1 aliphatic carbocycles.